The van der Waals surface area contributed by atoms with Crippen LogP contribution >= 0.6 is 0 Å². The monoisotopic (exact) mass is 255 g/mol. The molecule has 0 aliphatic heterocycles. The van der Waals surface area contributed by atoms with Crippen molar-refractivity contribution in [2.45, 2.75) is 26.4 Å². The van der Waals surface area contributed by atoms with Gasteiger partial charge in [0.25, 0.3) is 0 Å². The third kappa shape index (κ3) is 2.24. The van der Waals surface area contributed by atoms with Gasteiger partial charge >= 0.3 is 0 Å². The SMILES string of the molecule is CC(C)NCc1c(-n2ccnc2)nc2ccccn12. The minimum atomic E-state index is 0.435. The molecule has 0 saturated heterocycles. The van der Waals surface area contributed by atoms with Gasteiger partial charge in [0.15, 0.2) is 5.82 Å². The lowest BCUT2D eigenvalue weighted by Gasteiger charge is -2.09. The molecular weight excluding hydrogens is 238 g/mol. The van der Waals surface area contributed by atoms with Crippen LogP contribution in [-0.4, -0.2) is 25.0 Å². The van der Waals surface area contributed by atoms with Crippen molar-refractivity contribution in [3.05, 3.63) is 48.8 Å². The highest BCUT2D eigenvalue weighted by Crippen LogP contribution is 2.16. The predicted molar refractivity (Wildman–Crippen MR) is 74.3 cm³/mol. The summed E-state index contributed by atoms with van der Waals surface area (Å²) in [5.74, 6) is 0.928. The van der Waals surface area contributed by atoms with Gasteiger partial charge in [0.2, 0.25) is 0 Å². The molecule has 3 rings (SSSR count). The molecule has 5 heteroatoms. The second kappa shape index (κ2) is 4.85. The van der Waals surface area contributed by atoms with Crippen molar-refractivity contribution in [3.8, 4) is 5.82 Å². The Kier molecular flexibility index (Phi) is 3.05. The Labute approximate surface area is 111 Å². The summed E-state index contributed by atoms with van der Waals surface area (Å²) in [4.78, 5) is 8.78. The summed E-state index contributed by atoms with van der Waals surface area (Å²) in [5.41, 5.74) is 2.09. The first kappa shape index (κ1) is 11.9. The Hall–Kier alpha value is -2.14. The van der Waals surface area contributed by atoms with E-state index in [0.29, 0.717) is 6.04 Å². The fraction of sp³-hybridized carbons (Fsp3) is 0.286. The summed E-state index contributed by atoms with van der Waals surface area (Å²) in [6.07, 6.45) is 7.51. The van der Waals surface area contributed by atoms with E-state index in [0.717, 1.165) is 23.7 Å². The van der Waals surface area contributed by atoms with Crippen LogP contribution in [-0.2, 0) is 6.54 Å². The molecule has 0 fully saturated rings. The summed E-state index contributed by atoms with van der Waals surface area (Å²) in [7, 11) is 0. The molecule has 3 aromatic rings. The van der Waals surface area contributed by atoms with Crippen molar-refractivity contribution < 1.29 is 0 Å². The zero-order chi connectivity index (χ0) is 13.2. The molecule has 98 valence electrons. The minimum Gasteiger partial charge on any atom is -0.309 e. The number of pyridine rings is 1. The highest BCUT2D eigenvalue weighted by molar-refractivity contribution is 5.48. The standard InChI is InChI=1S/C14H17N5/c1-11(2)16-9-12-14(18-8-6-15-10-18)17-13-5-3-4-7-19(12)13/h3-8,10-11,16H,9H2,1-2H3. The molecule has 0 aromatic carbocycles. The van der Waals surface area contributed by atoms with Crippen LogP contribution in [0.4, 0.5) is 0 Å². The topological polar surface area (TPSA) is 47.2 Å². The molecule has 1 N–H and O–H groups in total. The number of hydrogen-bond donors (Lipinski definition) is 1. The summed E-state index contributed by atoms with van der Waals surface area (Å²) in [6, 6.07) is 6.47. The molecule has 3 aromatic heterocycles. The maximum absolute atomic E-state index is 4.68. The van der Waals surface area contributed by atoms with Gasteiger partial charge in [-0.25, -0.2) is 9.97 Å². The van der Waals surface area contributed by atoms with Crippen molar-refractivity contribution in [3.63, 3.8) is 0 Å². The Morgan fingerprint density at radius 3 is 2.89 bits per heavy atom. The van der Waals surface area contributed by atoms with Crippen LogP contribution in [0.25, 0.3) is 11.5 Å². The quantitative estimate of drug-likeness (QED) is 0.776. The van der Waals surface area contributed by atoms with Gasteiger partial charge in [-0.2, -0.15) is 0 Å². The third-order valence-corrected chi connectivity index (χ3v) is 3.03. The van der Waals surface area contributed by atoms with Crippen LogP contribution in [0.1, 0.15) is 19.5 Å². The van der Waals surface area contributed by atoms with E-state index < -0.39 is 0 Å². The van der Waals surface area contributed by atoms with E-state index in [1.807, 2.05) is 35.2 Å². The first-order valence-corrected chi connectivity index (χ1v) is 6.43. The fourth-order valence-corrected chi connectivity index (χ4v) is 2.09. The summed E-state index contributed by atoms with van der Waals surface area (Å²) < 4.78 is 4.06. The molecule has 0 atom stereocenters. The van der Waals surface area contributed by atoms with E-state index in [4.69, 9.17) is 0 Å². The van der Waals surface area contributed by atoms with Crippen molar-refractivity contribution in [1.29, 1.82) is 0 Å². The molecule has 19 heavy (non-hydrogen) atoms. The maximum atomic E-state index is 4.68. The summed E-state index contributed by atoms with van der Waals surface area (Å²) >= 11 is 0. The van der Waals surface area contributed by atoms with Crippen LogP contribution in [0.15, 0.2) is 43.1 Å². The van der Waals surface area contributed by atoms with Crippen molar-refractivity contribution >= 4 is 5.65 Å². The first-order chi connectivity index (χ1) is 9.25. The van der Waals surface area contributed by atoms with Gasteiger partial charge in [-0.3, -0.25) is 4.57 Å². The fourth-order valence-electron chi connectivity index (χ4n) is 2.09. The van der Waals surface area contributed by atoms with Crippen molar-refractivity contribution in [1.82, 2.24) is 24.3 Å². The molecule has 0 unspecified atom stereocenters. The van der Waals surface area contributed by atoms with E-state index >= 15 is 0 Å². The second-order valence-electron chi connectivity index (χ2n) is 4.82. The van der Waals surface area contributed by atoms with E-state index in [-0.39, 0.29) is 0 Å². The molecule has 0 bridgehead atoms. The van der Waals surface area contributed by atoms with Gasteiger partial charge in [-0.05, 0) is 12.1 Å². The smallest absolute Gasteiger partial charge is 0.161 e. The first-order valence-electron chi connectivity index (χ1n) is 6.43. The molecule has 3 heterocycles. The predicted octanol–water partition coefficient (Wildman–Crippen LogP) is 2.02. The van der Waals surface area contributed by atoms with Crippen LogP contribution < -0.4 is 5.32 Å². The Morgan fingerprint density at radius 1 is 1.26 bits per heavy atom. The Balaban J connectivity index is 2.11. The van der Waals surface area contributed by atoms with Gasteiger partial charge in [-0.1, -0.05) is 19.9 Å². The van der Waals surface area contributed by atoms with Crippen LogP contribution in [0.5, 0.6) is 0 Å². The van der Waals surface area contributed by atoms with Gasteiger partial charge in [0, 0.05) is 31.2 Å². The molecule has 5 nitrogen and oxygen atoms in total. The zero-order valence-corrected chi connectivity index (χ0v) is 11.1. The molecule has 0 aliphatic rings. The van der Waals surface area contributed by atoms with Gasteiger partial charge in [0.05, 0.1) is 5.69 Å². The van der Waals surface area contributed by atoms with Crippen molar-refractivity contribution in [2.24, 2.45) is 0 Å². The van der Waals surface area contributed by atoms with E-state index in [9.17, 15) is 0 Å². The number of fused-ring (bicyclic) bond motifs is 1. The molecule has 0 saturated carbocycles. The highest BCUT2D eigenvalue weighted by Gasteiger charge is 2.13. The lowest BCUT2D eigenvalue weighted by molar-refractivity contribution is 0.578. The average molecular weight is 255 g/mol. The lowest BCUT2D eigenvalue weighted by Crippen LogP contribution is -2.23. The van der Waals surface area contributed by atoms with Gasteiger partial charge < -0.3 is 9.72 Å². The van der Waals surface area contributed by atoms with Crippen LogP contribution in [0.2, 0.25) is 0 Å². The number of rotatable bonds is 4. The van der Waals surface area contributed by atoms with E-state index in [1.165, 1.54) is 0 Å². The maximum Gasteiger partial charge on any atom is 0.161 e. The van der Waals surface area contributed by atoms with Crippen LogP contribution in [0.3, 0.4) is 0 Å². The Morgan fingerprint density at radius 2 is 2.16 bits per heavy atom. The highest BCUT2D eigenvalue weighted by atomic mass is 15.2. The van der Waals surface area contributed by atoms with E-state index in [1.54, 1.807) is 12.5 Å². The minimum absolute atomic E-state index is 0.435. The Bertz CT molecular complexity index is 666. The third-order valence-electron chi connectivity index (χ3n) is 3.03. The van der Waals surface area contributed by atoms with Gasteiger partial charge in [0.1, 0.15) is 12.0 Å². The van der Waals surface area contributed by atoms with Crippen LogP contribution in [0, 0.1) is 0 Å². The number of hydrogen-bond acceptors (Lipinski definition) is 3. The number of aromatic nitrogens is 4. The number of nitrogens with zero attached hydrogens (tertiary/aromatic N) is 4. The lowest BCUT2D eigenvalue weighted by atomic mass is 10.3. The average Bonchev–Trinajstić information content (AvgIpc) is 3.03. The summed E-state index contributed by atoms with van der Waals surface area (Å²) in [5, 5.41) is 3.45. The normalized spacial score (nSPS) is 11.5. The van der Waals surface area contributed by atoms with Gasteiger partial charge in [-0.15, -0.1) is 0 Å². The molecule has 0 aliphatic carbocycles. The molecular formula is C14H17N5. The largest absolute Gasteiger partial charge is 0.309 e. The number of imidazole rings is 2. The summed E-state index contributed by atoms with van der Waals surface area (Å²) in [6.45, 7) is 5.05. The van der Waals surface area contributed by atoms with Crippen molar-refractivity contribution in [2.75, 3.05) is 0 Å². The second-order valence-corrected chi connectivity index (χ2v) is 4.82. The number of nitrogens with one attached hydrogen (secondary N) is 1. The zero-order valence-electron chi connectivity index (χ0n) is 11.1. The van der Waals surface area contributed by atoms with E-state index in [2.05, 4.69) is 33.5 Å². The molecule has 0 spiro atoms. The molecule has 0 radical (unpaired) electrons. The molecule has 0 amide bonds.